The number of methoxy groups -OCH3 is 1. The van der Waals surface area contributed by atoms with E-state index in [1.165, 1.54) is 18.7 Å². The van der Waals surface area contributed by atoms with Crippen LogP contribution in [0.15, 0.2) is 72.8 Å². The van der Waals surface area contributed by atoms with E-state index in [1.807, 2.05) is 18.2 Å². The van der Waals surface area contributed by atoms with Crippen LogP contribution >= 0.6 is 0 Å². The Hall–Kier alpha value is -4.24. The summed E-state index contributed by atoms with van der Waals surface area (Å²) in [5.74, 6) is -1.31. The highest BCUT2D eigenvalue weighted by Gasteiger charge is 2.20. The fraction of sp³-hybridized carbons (Fsp3) is 0.231. The van der Waals surface area contributed by atoms with E-state index in [4.69, 9.17) is 0 Å². The molecule has 4 rings (SSSR count). The van der Waals surface area contributed by atoms with Crippen molar-refractivity contribution in [2.75, 3.05) is 43.5 Å². The maximum atomic E-state index is 12.7. The number of nitrogens with zero attached hydrogens (tertiary/aromatic N) is 3. The number of esters is 1. The van der Waals surface area contributed by atoms with Gasteiger partial charge in [-0.3, -0.25) is 19.8 Å². The van der Waals surface area contributed by atoms with Crippen LogP contribution in [0.5, 0.6) is 0 Å². The molecule has 0 aliphatic carbocycles. The van der Waals surface area contributed by atoms with Gasteiger partial charge in [0.1, 0.15) is 0 Å². The van der Waals surface area contributed by atoms with Crippen LogP contribution in [0.25, 0.3) is 0 Å². The van der Waals surface area contributed by atoms with Gasteiger partial charge in [-0.2, -0.15) is 0 Å². The lowest BCUT2D eigenvalue weighted by atomic mass is 10.1. The molecule has 35 heavy (non-hydrogen) atoms. The zero-order valence-corrected chi connectivity index (χ0v) is 19.3. The van der Waals surface area contributed by atoms with Crippen molar-refractivity contribution in [2.45, 2.75) is 6.54 Å². The number of hydrogen-bond acceptors (Lipinski definition) is 7. The van der Waals surface area contributed by atoms with Gasteiger partial charge in [0, 0.05) is 61.8 Å². The summed E-state index contributed by atoms with van der Waals surface area (Å²) in [6.07, 6.45) is 0. The van der Waals surface area contributed by atoms with Gasteiger partial charge in [-0.05, 0) is 35.9 Å². The molecule has 9 heteroatoms. The Bertz CT molecular complexity index is 1210. The van der Waals surface area contributed by atoms with E-state index < -0.39 is 16.8 Å². The summed E-state index contributed by atoms with van der Waals surface area (Å²) >= 11 is 0. The normalized spacial score (nSPS) is 13.8. The number of rotatable bonds is 7. The monoisotopic (exact) mass is 474 g/mol. The maximum absolute atomic E-state index is 12.7. The second-order valence-electron chi connectivity index (χ2n) is 8.27. The lowest BCUT2D eigenvalue weighted by Gasteiger charge is -2.36. The molecule has 1 aliphatic rings. The van der Waals surface area contributed by atoms with Crippen molar-refractivity contribution in [1.29, 1.82) is 0 Å². The molecule has 1 N–H and O–H groups in total. The second-order valence-corrected chi connectivity index (χ2v) is 8.27. The molecule has 1 aliphatic heterocycles. The molecule has 180 valence electrons. The zero-order chi connectivity index (χ0) is 24.8. The van der Waals surface area contributed by atoms with E-state index in [1.54, 1.807) is 12.1 Å². The Morgan fingerprint density at radius 1 is 0.943 bits per heavy atom. The van der Waals surface area contributed by atoms with Gasteiger partial charge >= 0.3 is 5.97 Å². The molecule has 0 radical (unpaired) electrons. The lowest BCUT2D eigenvalue weighted by Crippen LogP contribution is -2.45. The number of carbonyl (C=O) groups is 2. The Balaban J connectivity index is 1.37. The number of nitro benzene ring substituents is 1. The zero-order valence-electron chi connectivity index (χ0n) is 19.3. The summed E-state index contributed by atoms with van der Waals surface area (Å²) in [5, 5.41) is 13.9. The first-order valence-electron chi connectivity index (χ1n) is 11.2. The van der Waals surface area contributed by atoms with E-state index >= 15 is 0 Å². The Morgan fingerprint density at radius 2 is 1.60 bits per heavy atom. The smallest absolute Gasteiger partial charge is 0.338 e. The summed E-state index contributed by atoms with van der Waals surface area (Å²) in [5.41, 5.74) is 2.49. The molecule has 0 atom stereocenters. The van der Waals surface area contributed by atoms with Crippen LogP contribution < -0.4 is 10.2 Å². The molecule has 1 amide bonds. The molecule has 0 bridgehead atoms. The van der Waals surface area contributed by atoms with Crippen LogP contribution in [0.4, 0.5) is 17.1 Å². The SMILES string of the molecule is COC(=O)c1cc(C(=O)Nc2ccc(N3CCN(Cc4ccccc4)CC3)cc2)cc([N+](=O)[O-])c1. The van der Waals surface area contributed by atoms with Gasteiger partial charge in [-0.25, -0.2) is 4.79 Å². The number of benzene rings is 3. The third-order valence-corrected chi connectivity index (χ3v) is 5.92. The number of ether oxygens (including phenoxy) is 1. The standard InChI is InChI=1S/C26H26N4O5/c1-35-26(32)21-15-20(16-24(17-21)30(33)34)25(31)27-22-7-9-23(10-8-22)29-13-11-28(12-14-29)18-19-5-3-2-4-6-19/h2-10,15-17H,11-14,18H2,1H3,(H,27,31). The molecule has 0 unspecified atom stereocenters. The Kier molecular flexibility index (Phi) is 7.37. The van der Waals surface area contributed by atoms with Crippen LogP contribution in [0.1, 0.15) is 26.3 Å². The minimum absolute atomic E-state index is 0.00165. The molecule has 1 saturated heterocycles. The van der Waals surface area contributed by atoms with Crippen molar-refractivity contribution in [3.05, 3.63) is 99.6 Å². The molecular weight excluding hydrogens is 448 g/mol. The fourth-order valence-corrected chi connectivity index (χ4v) is 4.05. The third kappa shape index (κ3) is 6.01. The van der Waals surface area contributed by atoms with Gasteiger partial charge in [-0.1, -0.05) is 30.3 Å². The number of nitro groups is 1. The minimum Gasteiger partial charge on any atom is -0.465 e. The summed E-state index contributed by atoms with van der Waals surface area (Å²) in [7, 11) is 1.17. The number of non-ortho nitro benzene ring substituents is 1. The van der Waals surface area contributed by atoms with E-state index in [0.717, 1.165) is 50.5 Å². The van der Waals surface area contributed by atoms with Gasteiger partial charge in [0.15, 0.2) is 0 Å². The number of hydrogen-bond donors (Lipinski definition) is 1. The number of nitrogens with one attached hydrogen (secondary N) is 1. The number of anilines is 2. The van der Waals surface area contributed by atoms with Crippen LogP contribution in [0.3, 0.4) is 0 Å². The molecular formula is C26H26N4O5. The predicted octanol–water partition coefficient (Wildman–Crippen LogP) is 3.96. The first kappa shape index (κ1) is 23.9. The van der Waals surface area contributed by atoms with E-state index in [9.17, 15) is 19.7 Å². The van der Waals surface area contributed by atoms with Gasteiger partial charge in [0.05, 0.1) is 17.6 Å². The van der Waals surface area contributed by atoms with Crippen LogP contribution in [-0.4, -0.2) is 55.0 Å². The van der Waals surface area contributed by atoms with E-state index in [-0.39, 0.29) is 16.8 Å². The highest BCUT2D eigenvalue weighted by atomic mass is 16.6. The topological polar surface area (TPSA) is 105 Å². The molecule has 0 saturated carbocycles. The van der Waals surface area contributed by atoms with Crippen LogP contribution in [-0.2, 0) is 11.3 Å². The minimum atomic E-state index is -0.754. The van der Waals surface area contributed by atoms with Crippen molar-refractivity contribution in [1.82, 2.24) is 4.90 Å². The highest BCUT2D eigenvalue weighted by molar-refractivity contribution is 6.06. The third-order valence-electron chi connectivity index (χ3n) is 5.92. The van der Waals surface area contributed by atoms with Crippen molar-refractivity contribution < 1.29 is 19.2 Å². The molecule has 3 aromatic rings. The van der Waals surface area contributed by atoms with Crippen molar-refractivity contribution in [3.8, 4) is 0 Å². The lowest BCUT2D eigenvalue weighted by molar-refractivity contribution is -0.384. The van der Waals surface area contributed by atoms with Crippen LogP contribution in [0, 0.1) is 10.1 Å². The second kappa shape index (κ2) is 10.8. The fourth-order valence-electron chi connectivity index (χ4n) is 4.05. The van der Waals surface area contributed by atoms with E-state index in [0.29, 0.717) is 5.69 Å². The first-order chi connectivity index (χ1) is 16.9. The average molecular weight is 475 g/mol. The van der Waals surface area contributed by atoms with Crippen LogP contribution in [0.2, 0.25) is 0 Å². The molecule has 9 nitrogen and oxygen atoms in total. The molecule has 1 heterocycles. The van der Waals surface area contributed by atoms with Gasteiger partial charge < -0.3 is 15.0 Å². The summed E-state index contributed by atoms with van der Waals surface area (Å²) < 4.78 is 4.63. The quantitative estimate of drug-likeness (QED) is 0.314. The van der Waals surface area contributed by atoms with Crippen molar-refractivity contribution in [3.63, 3.8) is 0 Å². The van der Waals surface area contributed by atoms with Gasteiger partial charge in [0.2, 0.25) is 0 Å². The molecule has 0 spiro atoms. The Morgan fingerprint density at radius 3 is 2.23 bits per heavy atom. The van der Waals surface area contributed by atoms with Crippen molar-refractivity contribution in [2.24, 2.45) is 0 Å². The number of amides is 1. The van der Waals surface area contributed by atoms with E-state index in [2.05, 4.69) is 44.1 Å². The predicted molar refractivity (Wildman–Crippen MR) is 133 cm³/mol. The summed E-state index contributed by atoms with van der Waals surface area (Å²) in [6.45, 7) is 4.67. The highest BCUT2D eigenvalue weighted by Crippen LogP contribution is 2.22. The van der Waals surface area contributed by atoms with Gasteiger partial charge in [-0.15, -0.1) is 0 Å². The Labute approximate surface area is 203 Å². The summed E-state index contributed by atoms with van der Waals surface area (Å²) in [4.78, 5) is 39.8. The van der Waals surface area contributed by atoms with Gasteiger partial charge in [0.25, 0.3) is 11.6 Å². The maximum Gasteiger partial charge on any atom is 0.338 e. The summed E-state index contributed by atoms with van der Waals surface area (Å²) in [6, 6.07) is 21.4. The molecule has 1 fully saturated rings. The largest absolute Gasteiger partial charge is 0.465 e. The first-order valence-corrected chi connectivity index (χ1v) is 11.2. The number of carbonyl (C=O) groups excluding carboxylic acids is 2. The number of piperazine rings is 1. The molecule has 0 aromatic heterocycles. The van der Waals surface area contributed by atoms with Crippen molar-refractivity contribution >= 4 is 28.9 Å². The molecule has 3 aromatic carbocycles. The average Bonchev–Trinajstić information content (AvgIpc) is 2.89.